The number of H-pyrrole nitrogens is 1. The predicted molar refractivity (Wildman–Crippen MR) is 146 cm³/mol. The average Bonchev–Trinajstić information content (AvgIpc) is 3.40. The number of amidine groups is 1. The first-order valence-corrected chi connectivity index (χ1v) is 12.8. The molecule has 9 nitrogen and oxygen atoms in total. The number of anilines is 1. The summed E-state index contributed by atoms with van der Waals surface area (Å²) in [6.45, 7) is 1.99. The predicted octanol–water partition coefficient (Wildman–Crippen LogP) is 6.20. The maximum atomic E-state index is 14.2. The third-order valence-corrected chi connectivity index (χ3v) is 6.32. The number of alkyl halides is 4. The number of aliphatic hydroxyl groups excluding tert-OH is 1. The Kier molecular flexibility index (Phi) is 7.66. The second kappa shape index (κ2) is 11.2. The van der Waals surface area contributed by atoms with Crippen molar-refractivity contribution in [3.63, 3.8) is 0 Å². The van der Waals surface area contributed by atoms with E-state index >= 15 is 0 Å². The zero-order valence-electron chi connectivity index (χ0n) is 22.4. The van der Waals surface area contributed by atoms with Crippen LogP contribution in [0, 0.1) is 11.3 Å². The molecule has 0 saturated heterocycles. The van der Waals surface area contributed by atoms with Crippen LogP contribution in [0.15, 0.2) is 59.9 Å². The summed E-state index contributed by atoms with van der Waals surface area (Å²) in [5, 5.41) is 21.8. The minimum atomic E-state index is -4.80. The number of hydrogen-bond donors (Lipinski definition) is 3. The monoisotopic (exact) mass is 583 g/mol. The molecule has 1 atom stereocenters. The number of aromatic amines is 1. The molecule has 1 aliphatic rings. The maximum absolute atomic E-state index is 14.2. The number of hydrogen-bond acceptors (Lipinski definition) is 8. The lowest BCUT2D eigenvalue weighted by Crippen LogP contribution is -2.43. The van der Waals surface area contributed by atoms with Gasteiger partial charge < -0.3 is 29.6 Å². The van der Waals surface area contributed by atoms with Crippen molar-refractivity contribution in [3.05, 3.63) is 66.0 Å². The van der Waals surface area contributed by atoms with Gasteiger partial charge in [-0.15, -0.1) is 0 Å². The van der Waals surface area contributed by atoms with Crippen LogP contribution < -0.4 is 14.8 Å². The number of rotatable bonds is 7. The Morgan fingerprint density at radius 2 is 1.95 bits per heavy atom. The van der Waals surface area contributed by atoms with E-state index in [0.29, 0.717) is 33.5 Å². The number of aliphatic hydroxyl groups is 1. The van der Waals surface area contributed by atoms with Crippen molar-refractivity contribution in [1.29, 1.82) is 5.26 Å². The van der Waals surface area contributed by atoms with Crippen LogP contribution in [0.4, 0.5) is 23.2 Å². The lowest BCUT2D eigenvalue weighted by molar-refractivity contribution is -0.138. The Bertz CT molecular complexity index is 1700. The van der Waals surface area contributed by atoms with Crippen molar-refractivity contribution in [2.45, 2.75) is 31.8 Å². The minimum absolute atomic E-state index is 0.0151. The van der Waals surface area contributed by atoms with Crippen LogP contribution in [0.1, 0.15) is 25.0 Å². The fourth-order valence-electron chi connectivity index (χ4n) is 4.31. The molecule has 3 heterocycles. The first-order chi connectivity index (χ1) is 20.0. The molecule has 0 aliphatic carbocycles. The molecule has 2 aromatic carbocycles. The Balaban J connectivity index is 1.49. The first-order valence-electron chi connectivity index (χ1n) is 12.8. The van der Waals surface area contributed by atoms with E-state index in [1.54, 1.807) is 24.4 Å². The molecular formula is C29H25F4N5O4. The number of nitrogens with one attached hydrogen (secondary N) is 2. The van der Waals surface area contributed by atoms with Gasteiger partial charge in [-0.3, -0.25) is 0 Å². The topological polar surface area (TPSA) is 125 Å². The van der Waals surface area contributed by atoms with Gasteiger partial charge in [0.05, 0.1) is 30.2 Å². The van der Waals surface area contributed by atoms with Crippen molar-refractivity contribution in [2.24, 2.45) is 4.99 Å². The lowest BCUT2D eigenvalue weighted by atomic mass is 10.0. The van der Waals surface area contributed by atoms with Gasteiger partial charge in [0.2, 0.25) is 0 Å². The number of halogens is 4. The zero-order valence-corrected chi connectivity index (χ0v) is 22.4. The Morgan fingerprint density at radius 1 is 1.17 bits per heavy atom. The quantitative estimate of drug-likeness (QED) is 0.221. The van der Waals surface area contributed by atoms with E-state index in [1.165, 1.54) is 18.3 Å². The van der Waals surface area contributed by atoms with E-state index < -0.39 is 42.9 Å². The van der Waals surface area contributed by atoms with Gasteiger partial charge in [-0.25, -0.2) is 14.4 Å². The number of fused-ring (bicyclic) bond motifs is 1. The first kappa shape index (κ1) is 28.7. The molecule has 0 amide bonds. The van der Waals surface area contributed by atoms with E-state index in [-0.39, 0.29) is 23.6 Å². The number of aliphatic imine (C=N–C) groups is 1. The second-order valence-electron chi connectivity index (χ2n) is 9.88. The van der Waals surface area contributed by atoms with Gasteiger partial charge in [-0.1, -0.05) is 6.07 Å². The molecule has 0 radical (unpaired) electrons. The van der Waals surface area contributed by atoms with Gasteiger partial charge in [0.15, 0.2) is 5.67 Å². The summed E-state index contributed by atoms with van der Waals surface area (Å²) in [6, 6.07) is 11.7. The van der Waals surface area contributed by atoms with Crippen molar-refractivity contribution in [2.75, 3.05) is 25.1 Å². The number of nitrogens with zero attached hydrogens (tertiary/aromatic N) is 3. The molecule has 0 fully saturated rings. The highest BCUT2D eigenvalue weighted by molar-refractivity contribution is 5.98. The van der Waals surface area contributed by atoms with Crippen LogP contribution >= 0.6 is 0 Å². The van der Waals surface area contributed by atoms with Gasteiger partial charge in [-0.2, -0.15) is 18.4 Å². The standard InChI is InChI=1S/C29H25F4N5O4/c1-16(2)41-22-5-3-17(9-18(22)11-34)20-12-36-26-25(20)24(7-8-35-26)42-23-6-4-19(10-21(23)29(31,32)33)38-27-37-13-28(30,14-39)15-40-27/h3-10,12,16,39H,13-15H2,1-2H3,(H,35,36)(H,37,38). The van der Waals surface area contributed by atoms with Crippen molar-refractivity contribution >= 4 is 22.7 Å². The van der Waals surface area contributed by atoms with Crippen LogP contribution in [0.5, 0.6) is 17.2 Å². The molecule has 3 N–H and O–H groups in total. The molecule has 0 bridgehead atoms. The van der Waals surface area contributed by atoms with E-state index in [9.17, 15) is 22.8 Å². The molecule has 1 aliphatic heterocycles. The van der Waals surface area contributed by atoms with Crippen LogP contribution in [0.25, 0.3) is 22.2 Å². The normalized spacial score (nSPS) is 17.0. The Morgan fingerprint density at radius 3 is 2.62 bits per heavy atom. The summed E-state index contributed by atoms with van der Waals surface area (Å²) < 4.78 is 73.3. The molecule has 1 unspecified atom stereocenters. The number of benzene rings is 2. The number of nitriles is 1. The van der Waals surface area contributed by atoms with Gasteiger partial charge in [-0.05, 0) is 55.8 Å². The molecule has 42 heavy (non-hydrogen) atoms. The Labute approximate surface area is 237 Å². The van der Waals surface area contributed by atoms with Gasteiger partial charge in [0.1, 0.15) is 41.1 Å². The van der Waals surface area contributed by atoms with Crippen LogP contribution in [0.3, 0.4) is 0 Å². The fraction of sp³-hybridized carbons (Fsp3) is 0.276. The van der Waals surface area contributed by atoms with E-state index in [0.717, 1.165) is 12.1 Å². The molecule has 5 rings (SSSR count). The van der Waals surface area contributed by atoms with Gasteiger partial charge >= 0.3 is 6.18 Å². The van der Waals surface area contributed by atoms with Crippen LogP contribution in [-0.2, 0) is 10.9 Å². The zero-order chi connectivity index (χ0) is 30.1. The fourth-order valence-corrected chi connectivity index (χ4v) is 4.31. The van der Waals surface area contributed by atoms with E-state index in [2.05, 4.69) is 26.3 Å². The highest BCUT2D eigenvalue weighted by Gasteiger charge is 2.36. The maximum Gasteiger partial charge on any atom is 0.420 e. The summed E-state index contributed by atoms with van der Waals surface area (Å²) in [7, 11) is 0. The molecule has 0 saturated carbocycles. The summed E-state index contributed by atoms with van der Waals surface area (Å²) in [6.07, 6.45) is -1.91. The molecule has 2 aromatic heterocycles. The van der Waals surface area contributed by atoms with Crippen molar-refractivity contribution in [1.82, 2.24) is 9.97 Å². The third kappa shape index (κ3) is 5.94. The van der Waals surface area contributed by atoms with Gasteiger partial charge in [0.25, 0.3) is 6.02 Å². The van der Waals surface area contributed by atoms with Crippen molar-refractivity contribution < 1.29 is 36.9 Å². The number of pyridine rings is 1. The summed E-state index contributed by atoms with van der Waals surface area (Å²) >= 11 is 0. The minimum Gasteiger partial charge on any atom is -0.490 e. The summed E-state index contributed by atoms with van der Waals surface area (Å²) in [5.74, 6) is 0.0450. The highest BCUT2D eigenvalue weighted by atomic mass is 19.4. The van der Waals surface area contributed by atoms with Crippen LogP contribution in [0.2, 0.25) is 0 Å². The molecular weight excluding hydrogens is 558 g/mol. The third-order valence-electron chi connectivity index (χ3n) is 6.32. The highest BCUT2D eigenvalue weighted by Crippen LogP contribution is 2.43. The smallest absolute Gasteiger partial charge is 0.420 e. The molecule has 4 aromatic rings. The van der Waals surface area contributed by atoms with E-state index in [4.69, 9.17) is 19.3 Å². The summed E-state index contributed by atoms with van der Waals surface area (Å²) in [5.41, 5.74) is -1.31. The Hall–Kier alpha value is -4.83. The number of aromatic nitrogens is 2. The molecule has 13 heteroatoms. The van der Waals surface area contributed by atoms with Crippen molar-refractivity contribution in [3.8, 4) is 34.4 Å². The number of ether oxygens (including phenoxy) is 3. The SMILES string of the molecule is CC(C)Oc1ccc(-c2c[nH]c3nccc(Oc4ccc(NC5=NCC(F)(CO)CO5)cc4C(F)(F)F)c23)cc1C#N. The van der Waals surface area contributed by atoms with E-state index in [1.807, 2.05) is 13.8 Å². The largest absolute Gasteiger partial charge is 0.490 e. The summed E-state index contributed by atoms with van der Waals surface area (Å²) in [4.78, 5) is 11.1. The van der Waals surface area contributed by atoms with Crippen LogP contribution in [-0.4, -0.2) is 52.6 Å². The average molecular weight is 584 g/mol. The lowest BCUT2D eigenvalue weighted by Gasteiger charge is -2.26. The molecule has 0 spiro atoms. The second-order valence-corrected chi connectivity index (χ2v) is 9.88. The van der Waals surface area contributed by atoms with Gasteiger partial charge in [0, 0.05) is 23.6 Å². The molecule has 218 valence electrons.